The number of hydrogen-bond acceptors (Lipinski definition) is 8. The molecule has 3 rings (SSSR count). The average Bonchev–Trinajstić information content (AvgIpc) is 2.62. The number of benzene rings is 1. The number of anilines is 3. The number of nitrogens with one attached hydrogen (secondary N) is 1. The summed E-state index contributed by atoms with van der Waals surface area (Å²) < 4.78 is 28.8. The number of hydrogen-bond donors (Lipinski definition) is 1. The van der Waals surface area contributed by atoms with Crippen LogP contribution in [0.2, 0.25) is 5.28 Å². The van der Waals surface area contributed by atoms with Gasteiger partial charge in [-0.1, -0.05) is 6.58 Å². The van der Waals surface area contributed by atoms with Gasteiger partial charge in [-0.15, -0.1) is 0 Å². The highest BCUT2D eigenvalue weighted by atomic mass is 35.5. The molecule has 2 aromatic rings. The Kier molecular flexibility index (Phi) is 5.16. The Morgan fingerprint density at radius 1 is 1.16 bits per heavy atom. The Labute approximate surface area is 150 Å². The lowest BCUT2D eigenvalue weighted by Crippen LogP contribution is -2.37. The lowest BCUT2D eigenvalue weighted by molar-refractivity contribution is 0.122. The average molecular weight is 382 g/mol. The van der Waals surface area contributed by atoms with Crippen LogP contribution in [0.25, 0.3) is 0 Å². The summed E-state index contributed by atoms with van der Waals surface area (Å²) in [5.74, 6) is 0.748. The van der Waals surface area contributed by atoms with Crippen molar-refractivity contribution in [2.24, 2.45) is 0 Å². The van der Waals surface area contributed by atoms with E-state index in [9.17, 15) is 8.42 Å². The Balaban J connectivity index is 1.80. The van der Waals surface area contributed by atoms with Crippen molar-refractivity contribution >= 4 is 39.0 Å². The lowest BCUT2D eigenvalue weighted by atomic mass is 10.3. The van der Waals surface area contributed by atoms with E-state index in [0.717, 1.165) is 5.41 Å². The molecule has 0 amide bonds. The van der Waals surface area contributed by atoms with E-state index >= 15 is 0 Å². The number of rotatable bonds is 5. The van der Waals surface area contributed by atoms with Gasteiger partial charge in [0.25, 0.3) is 0 Å². The maximum atomic E-state index is 11.7. The normalized spacial score (nSPS) is 15.0. The molecule has 1 saturated heterocycles. The van der Waals surface area contributed by atoms with Gasteiger partial charge in [0, 0.05) is 24.2 Å². The van der Waals surface area contributed by atoms with Gasteiger partial charge in [-0.05, 0) is 35.9 Å². The second kappa shape index (κ2) is 7.34. The first-order valence-corrected chi connectivity index (χ1v) is 9.39. The Morgan fingerprint density at radius 3 is 2.48 bits per heavy atom. The van der Waals surface area contributed by atoms with Crippen molar-refractivity contribution in [3.05, 3.63) is 41.5 Å². The second-order valence-electron chi connectivity index (χ2n) is 5.19. The van der Waals surface area contributed by atoms with Gasteiger partial charge in [-0.25, -0.2) is 8.42 Å². The molecule has 0 unspecified atom stereocenters. The zero-order valence-corrected chi connectivity index (χ0v) is 14.8. The molecule has 0 spiro atoms. The van der Waals surface area contributed by atoms with Gasteiger partial charge in [-0.3, -0.25) is 0 Å². The van der Waals surface area contributed by atoms with Crippen LogP contribution >= 0.6 is 11.6 Å². The minimum Gasteiger partial charge on any atom is -0.378 e. The second-order valence-corrected chi connectivity index (χ2v) is 7.42. The van der Waals surface area contributed by atoms with Gasteiger partial charge >= 0.3 is 0 Å². The molecule has 1 aromatic carbocycles. The number of halogens is 1. The molecule has 1 aliphatic rings. The van der Waals surface area contributed by atoms with Crippen molar-refractivity contribution in [3.63, 3.8) is 0 Å². The van der Waals surface area contributed by atoms with E-state index in [1.807, 2.05) is 4.90 Å². The van der Waals surface area contributed by atoms with Crippen molar-refractivity contribution in [3.8, 4) is 0 Å². The summed E-state index contributed by atoms with van der Waals surface area (Å²) in [5.41, 5.74) is 0.623. The fourth-order valence-corrected chi connectivity index (χ4v) is 3.12. The fourth-order valence-electron chi connectivity index (χ4n) is 2.25. The number of aromatic nitrogens is 3. The van der Waals surface area contributed by atoms with Crippen LogP contribution in [-0.2, 0) is 14.6 Å². The van der Waals surface area contributed by atoms with Crippen molar-refractivity contribution in [2.45, 2.75) is 4.90 Å². The molecule has 1 aromatic heterocycles. The summed E-state index contributed by atoms with van der Waals surface area (Å²) in [5, 5.41) is 3.98. The maximum absolute atomic E-state index is 11.7. The third kappa shape index (κ3) is 4.25. The van der Waals surface area contributed by atoms with E-state index < -0.39 is 9.84 Å². The number of sulfone groups is 1. The molecule has 2 heterocycles. The number of ether oxygens (including phenoxy) is 1. The fraction of sp³-hybridized carbons (Fsp3) is 0.267. The molecule has 0 saturated carbocycles. The molecule has 0 aliphatic carbocycles. The summed E-state index contributed by atoms with van der Waals surface area (Å²) in [6.07, 6.45) is 0. The minimum absolute atomic E-state index is 0.0739. The van der Waals surface area contributed by atoms with Gasteiger partial charge < -0.3 is 15.0 Å². The largest absolute Gasteiger partial charge is 0.378 e. The molecular weight excluding hydrogens is 366 g/mol. The molecule has 8 nitrogen and oxygen atoms in total. The summed E-state index contributed by atoms with van der Waals surface area (Å²) in [6.45, 7) is 5.86. The van der Waals surface area contributed by atoms with Crippen LogP contribution in [0.4, 0.5) is 17.6 Å². The van der Waals surface area contributed by atoms with Crippen molar-refractivity contribution < 1.29 is 13.2 Å². The topological polar surface area (TPSA) is 97.3 Å². The molecule has 132 valence electrons. The quantitative estimate of drug-likeness (QED) is 0.840. The highest BCUT2D eigenvalue weighted by Crippen LogP contribution is 2.20. The van der Waals surface area contributed by atoms with E-state index in [2.05, 4.69) is 26.8 Å². The van der Waals surface area contributed by atoms with Crippen LogP contribution in [0.1, 0.15) is 0 Å². The summed E-state index contributed by atoms with van der Waals surface area (Å²) in [4.78, 5) is 14.7. The molecule has 0 atom stereocenters. The Bertz CT molecular complexity index is 867. The van der Waals surface area contributed by atoms with Gasteiger partial charge in [0.2, 0.25) is 17.2 Å². The first kappa shape index (κ1) is 17.6. The van der Waals surface area contributed by atoms with Crippen molar-refractivity contribution in [1.29, 1.82) is 0 Å². The van der Waals surface area contributed by atoms with Gasteiger partial charge in [-0.2, -0.15) is 15.0 Å². The minimum atomic E-state index is -3.46. The zero-order chi connectivity index (χ0) is 17.9. The van der Waals surface area contributed by atoms with Crippen LogP contribution in [0.5, 0.6) is 0 Å². The first-order valence-electron chi connectivity index (χ1n) is 7.47. The number of morpholine rings is 1. The van der Waals surface area contributed by atoms with Gasteiger partial charge in [0.15, 0.2) is 9.84 Å². The van der Waals surface area contributed by atoms with Crippen molar-refractivity contribution in [2.75, 3.05) is 36.5 Å². The summed E-state index contributed by atoms with van der Waals surface area (Å²) >= 11 is 5.99. The highest BCUT2D eigenvalue weighted by Gasteiger charge is 2.16. The van der Waals surface area contributed by atoms with E-state index in [4.69, 9.17) is 16.3 Å². The monoisotopic (exact) mass is 381 g/mol. The van der Waals surface area contributed by atoms with E-state index in [1.165, 1.54) is 12.1 Å². The van der Waals surface area contributed by atoms with Crippen molar-refractivity contribution in [1.82, 2.24) is 15.0 Å². The lowest BCUT2D eigenvalue weighted by Gasteiger charge is -2.26. The predicted octanol–water partition coefficient (Wildman–Crippen LogP) is 2.02. The smallest absolute Gasteiger partial charge is 0.233 e. The number of nitrogens with zero attached hydrogens (tertiary/aromatic N) is 4. The Hall–Kier alpha value is -2.23. The van der Waals surface area contributed by atoms with E-state index in [0.29, 0.717) is 37.9 Å². The van der Waals surface area contributed by atoms with Crippen LogP contribution in [0.3, 0.4) is 0 Å². The molecule has 0 bridgehead atoms. The molecule has 1 fully saturated rings. The maximum Gasteiger partial charge on any atom is 0.233 e. The standard InChI is InChI=1S/C15H16ClN5O3S/c1-2-25(22,23)12-5-3-11(4-6-12)17-14-18-13(16)19-15(20-14)21-7-9-24-10-8-21/h2-6H,1,7-10H2,(H,17,18,19,20). The van der Waals surface area contributed by atoms with Gasteiger partial charge in [0.05, 0.1) is 18.1 Å². The Morgan fingerprint density at radius 2 is 1.84 bits per heavy atom. The SMILES string of the molecule is C=CS(=O)(=O)c1ccc(Nc2nc(Cl)nc(N3CCOCC3)n2)cc1. The third-order valence-electron chi connectivity index (χ3n) is 3.55. The predicted molar refractivity (Wildman–Crippen MR) is 95.0 cm³/mol. The van der Waals surface area contributed by atoms with E-state index in [-0.39, 0.29) is 16.1 Å². The molecule has 0 radical (unpaired) electrons. The molecule has 10 heteroatoms. The van der Waals surface area contributed by atoms with Crippen LogP contribution in [0.15, 0.2) is 41.1 Å². The zero-order valence-electron chi connectivity index (χ0n) is 13.2. The molecule has 1 N–H and O–H groups in total. The van der Waals surface area contributed by atoms with Crippen LogP contribution in [0, 0.1) is 0 Å². The van der Waals surface area contributed by atoms with Crippen LogP contribution in [-0.4, -0.2) is 49.7 Å². The first-order chi connectivity index (χ1) is 12.0. The summed E-state index contributed by atoms with van der Waals surface area (Å²) in [7, 11) is -3.46. The molecular formula is C15H16ClN5O3S. The molecule has 25 heavy (non-hydrogen) atoms. The third-order valence-corrected chi connectivity index (χ3v) is 5.09. The van der Waals surface area contributed by atoms with E-state index in [1.54, 1.807) is 12.1 Å². The summed E-state index contributed by atoms with van der Waals surface area (Å²) in [6, 6.07) is 6.18. The van der Waals surface area contributed by atoms with Crippen LogP contribution < -0.4 is 10.2 Å². The van der Waals surface area contributed by atoms with Gasteiger partial charge in [0.1, 0.15) is 0 Å². The highest BCUT2D eigenvalue weighted by molar-refractivity contribution is 7.94. The molecule has 1 aliphatic heterocycles.